The zero-order valence-electron chi connectivity index (χ0n) is 12.0. The monoisotopic (exact) mass is 284 g/mol. The highest BCUT2D eigenvalue weighted by Gasteiger charge is 2.10. The molecule has 1 amide bonds. The Hall–Kier alpha value is -2.74. The molecule has 0 spiro atoms. The molecule has 1 aromatic heterocycles. The first-order valence-electron chi connectivity index (χ1n) is 6.48. The van der Waals surface area contributed by atoms with Gasteiger partial charge < -0.3 is 14.6 Å². The van der Waals surface area contributed by atoms with Gasteiger partial charge in [-0.25, -0.2) is 0 Å². The Morgan fingerprint density at radius 3 is 2.67 bits per heavy atom. The molecule has 5 heteroatoms. The van der Waals surface area contributed by atoms with E-state index in [2.05, 4.69) is 16.4 Å². The smallest absolute Gasteiger partial charge is 0.252 e. The Balaban J connectivity index is 1.97. The van der Waals surface area contributed by atoms with Crippen molar-refractivity contribution in [3.05, 3.63) is 46.8 Å². The van der Waals surface area contributed by atoms with Crippen LogP contribution in [0.4, 0.5) is 0 Å². The molecule has 0 saturated heterocycles. The maximum absolute atomic E-state index is 11.7. The summed E-state index contributed by atoms with van der Waals surface area (Å²) in [5.41, 5.74) is 2.29. The Kier molecular flexibility index (Phi) is 4.62. The normalized spacial score (nSPS) is 9.95. The average molecular weight is 284 g/mol. The second-order valence-corrected chi connectivity index (χ2v) is 4.50. The van der Waals surface area contributed by atoms with E-state index in [4.69, 9.17) is 15.7 Å². The van der Waals surface area contributed by atoms with Crippen LogP contribution in [0.1, 0.15) is 27.4 Å². The molecule has 0 aliphatic carbocycles. The number of rotatable bonds is 5. The summed E-state index contributed by atoms with van der Waals surface area (Å²) in [7, 11) is 0. The average Bonchev–Trinajstić information content (AvgIpc) is 2.82. The molecule has 21 heavy (non-hydrogen) atoms. The first-order valence-corrected chi connectivity index (χ1v) is 6.48. The molecule has 0 saturated carbocycles. The minimum Gasteiger partial charge on any atom is -0.489 e. The van der Waals surface area contributed by atoms with E-state index in [0.29, 0.717) is 17.9 Å². The Morgan fingerprint density at radius 2 is 2.10 bits per heavy atom. The number of aromatic nitrogens is 1. The molecule has 0 aliphatic rings. The van der Waals surface area contributed by atoms with Crippen LogP contribution in [0.5, 0.6) is 5.75 Å². The van der Waals surface area contributed by atoms with Gasteiger partial charge in [0.2, 0.25) is 0 Å². The van der Waals surface area contributed by atoms with Gasteiger partial charge in [-0.05, 0) is 38.1 Å². The first kappa shape index (κ1) is 14.7. The standard InChI is InChI=1S/C16H16N2O3/c1-4-9-17-16(19)13-5-7-14(8-6-13)20-10-15-11(2)18-21-12(15)3/h1,5-8H,9-10H2,2-3H3,(H,17,19). The summed E-state index contributed by atoms with van der Waals surface area (Å²) in [5.74, 6) is 3.57. The second-order valence-electron chi connectivity index (χ2n) is 4.50. The van der Waals surface area contributed by atoms with Gasteiger partial charge in [0.15, 0.2) is 0 Å². The third-order valence-corrected chi connectivity index (χ3v) is 3.03. The van der Waals surface area contributed by atoms with Crippen LogP contribution >= 0.6 is 0 Å². The van der Waals surface area contributed by atoms with Crippen molar-refractivity contribution in [2.24, 2.45) is 0 Å². The molecule has 0 fully saturated rings. The summed E-state index contributed by atoms with van der Waals surface area (Å²) in [6.45, 7) is 4.30. The molecular formula is C16H16N2O3. The molecule has 2 rings (SSSR count). The van der Waals surface area contributed by atoms with E-state index in [9.17, 15) is 4.79 Å². The molecule has 2 aromatic rings. The number of nitrogens with one attached hydrogen (secondary N) is 1. The summed E-state index contributed by atoms with van der Waals surface area (Å²) in [6, 6.07) is 6.86. The molecule has 0 bridgehead atoms. The van der Waals surface area contributed by atoms with Crippen LogP contribution < -0.4 is 10.1 Å². The van der Waals surface area contributed by atoms with Crippen molar-refractivity contribution in [1.82, 2.24) is 10.5 Å². The van der Waals surface area contributed by atoms with Gasteiger partial charge >= 0.3 is 0 Å². The zero-order chi connectivity index (χ0) is 15.2. The highest BCUT2D eigenvalue weighted by atomic mass is 16.5. The summed E-state index contributed by atoms with van der Waals surface area (Å²) in [6.07, 6.45) is 5.09. The van der Waals surface area contributed by atoms with Crippen molar-refractivity contribution >= 4 is 5.91 Å². The lowest BCUT2D eigenvalue weighted by atomic mass is 10.2. The van der Waals surface area contributed by atoms with Crippen LogP contribution in [0.3, 0.4) is 0 Å². The fraction of sp³-hybridized carbons (Fsp3) is 0.250. The quantitative estimate of drug-likeness (QED) is 0.855. The molecule has 1 aromatic carbocycles. The second kappa shape index (κ2) is 6.62. The van der Waals surface area contributed by atoms with E-state index in [1.54, 1.807) is 24.3 Å². The van der Waals surface area contributed by atoms with Gasteiger partial charge in [0.1, 0.15) is 18.1 Å². The lowest BCUT2D eigenvalue weighted by Gasteiger charge is -2.07. The number of hydrogen-bond acceptors (Lipinski definition) is 4. The SMILES string of the molecule is C#CCNC(=O)c1ccc(OCc2c(C)noc2C)cc1. The van der Waals surface area contributed by atoms with Crippen LogP contribution in [0.2, 0.25) is 0 Å². The predicted molar refractivity (Wildman–Crippen MR) is 77.9 cm³/mol. The maximum atomic E-state index is 11.7. The Bertz CT molecular complexity index is 646. The Morgan fingerprint density at radius 1 is 1.38 bits per heavy atom. The van der Waals surface area contributed by atoms with Crippen molar-refractivity contribution < 1.29 is 14.1 Å². The number of carbonyl (C=O) groups is 1. The van der Waals surface area contributed by atoms with Crippen molar-refractivity contribution in [2.45, 2.75) is 20.5 Å². The number of amides is 1. The summed E-state index contributed by atoms with van der Waals surface area (Å²) in [5, 5.41) is 6.47. The summed E-state index contributed by atoms with van der Waals surface area (Å²) < 4.78 is 10.7. The van der Waals surface area contributed by atoms with Crippen LogP contribution in [0.15, 0.2) is 28.8 Å². The number of hydrogen-bond donors (Lipinski definition) is 1. The van der Waals surface area contributed by atoms with Crippen LogP contribution in [-0.4, -0.2) is 17.6 Å². The van der Waals surface area contributed by atoms with E-state index < -0.39 is 0 Å². The van der Waals surface area contributed by atoms with Crippen LogP contribution in [0.25, 0.3) is 0 Å². The molecular weight excluding hydrogens is 268 g/mol. The third kappa shape index (κ3) is 3.63. The molecule has 108 valence electrons. The highest BCUT2D eigenvalue weighted by Crippen LogP contribution is 2.17. The van der Waals surface area contributed by atoms with Crippen molar-refractivity contribution in [3.8, 4) is 18.1 Å². The van der Waals surface area contributed by atoms with Gasteiger partial charge in [0.25, 0.3) is 5.91 Å². The van der Waals surface area contributed by atoms with Gasteiger partial charge in [-0.2, -0.15) is 0 Å². The molecule has 0 unspecified atom stereocenters. The van der Waals surface area contributed by atoms with E-state index in [1.165, 1.54) is 0 Å². The lowest BCUT2D eigenvalue weighted by molar-refractivity contribution is 0.0958. The largest absolute Gasteiger partial charge is 0.489 e. The number of benzene rings is 1. The van der Waals surface area contributed by atoms with Gasteiger partial charge in [-0.15, -0.1) is 6.42 Å². The third-order valence-electron chi connectivity index (χ3n) is 3.03. The van der Waals surface area contributed by atoms with E-state index in [1.807, 2.05) is 13.8 Å². The zero-order valence-corrected chi connectivity index (χ0v) is 12.0. The lowest BCUT2D eigenvalue weighted by Crippen LogP contribution is -2.23. The minimum atomic E-state index is -0.203. The number of nitrogens with zero attached hydrogens (tertiary/aromatic N) is 1. The number of carbonyl (C=O) groups excluding carboxylic acids is 1. The number of ether oxygens (including phenoxy) is 1. The molecule has 5 nitrogen and oxygen atoms in total. The fourth-order valence-corrected chi connectivity index (χ4v) is 1.80. The number of aryl methyl sites for hydroxylation is 2. The van der Waals surface area contributed by atoms with Crippen LogP contribution in [0, 0.1) is 26.2 Å². The molecule has 0 atom stereocenters. The molecule has 0 radical (unpaired) electrons. The first-order chi connectivity index (χ1) is 10.1. The van der Waals surface area contributed by atoms with Gasteiger partial charge in [-0.3, -0.25) is 4.79 Å². The number of terminal acetylenes is 1. The fourth-order valence-electron chi connectivity index (χ4n) is 1.80. The predicted octanol–water partition coefficient (Wildman–Crippen LogP) is 2.23. The highest BCUT2D eigenvalue weighted by molar-refractivity contribution is 5.94. The molecule has 1 N–H and O–H groups in total. The van der Waals surface area contributed by atoms with Gasteiger partial charge in [-0.1, -0.05) is 11.1 Å². The maximum Gasteiger partial charge on any atom is 0.252 e. The van der Waals surface area contributed by atoms with Gasteiger partial charge in [0, 0.05) is 5.56 Å². The Labute approximate surface area is 123 Å². The molecule has 0 aliphatic heterocycles. The summed E-state index contributed by atoms with van der Waals surface area (Å²) >= 11 is 0. The van der Waals surface area contributed by atoms with Crippen LogP contribution in [-0.2, 0) is 6.61 Å². The molecule has 1 heterocycles. The van der Waals surface area contributed by atoms with Crippen molar-refractivity contribution in [1.29, 1.82) is 0 Å². The minimum absolute atomic E-state index is 0.203. The van der Waals surface area contributed by atoms with E-state index in [-0.39, 0.29) is 12.5 Å². The van der Waals surface area contributed by atoms with Gasteiger partial charge in [0.05, 0.1) is 17.8 Å². The van der Waals surface area contributed by atoms with E-state index >= 15 is 0 Å². The van der Waals surface area contributed by atoms with E-state index in [0.717, 1.165) is 17.0 Å². The summed E-state index contributed by atoms with van der Waals surface area (Å²) in [4.78, 5) is 11.7. The topological polar surface area (TPSA) is 64.4 Å². The van der Waals surface area contributed by atoms with Crippen molar-refractivity contribution in [2.75, 3.05) is 6.54 Å². The van der Waals surface area contributed by atoms with Crippen molar-refractivity contribution in [3.63, 3.8) is 0 Å².